The van der Waals surface area contributed by atoms with E-state index in [0.717, 1.165) is 5.56 Å². The van der Waals surface area contributed by atoms with E-state index in [2.05, 4.69) is 5.32 Å². The molecule has 0 aliphatic rings. The molecule has 0 spiro atoms. The van der Waals surface area contributed by atoms with Crippen molar-refractivity contribution < 1.29 is 24.7 Å². The van der Waals surface area contributed by atoms with Gasteiger partial charge in [-0.3, -0.25) is 4.79 Å². The summed E-state index contributed by atoms with van der Waals surface area (Å²) < 4.78 is 0. The molecule has 2 aromatic carbocycles. The van der Waals surface area contributed by atoms with Crippen LogP contribution < -0.4 is 11.1 Å². The fourth-order valence-corrected chi connectivity index (χ4v) is 2.55. The molecule has 2 aromatic rings. The van der Waals surface area contributed by atoms with Crippen molar-refractivity contribution >= 4 is 19.0 Å². The first-order chi connectivity index (χ1) is 13.7. The Morgan fingerprint density at radius 2 is 1.52 bits per heavy atom. The first-order valence-corrected chi connectivity index (χ1v) is 9.45. The van der Waals surface area contributed by atoms with Gasteiger partial charge in [-0.2, -0.15) is 0 Å². The van der Waals surface area contributed by atoms with E-state index in [-0.39, 0.29) is 12.3 Å². The molecule has 8 heteroatoms. The number of amides is 1. The summed E-state index contributed by atoms with van der Waals surface area (Å²) in [5.41, 5.74) is 6.64. The van der Waals surface area contributed by atoms with Crippen LogP contribution in [0.15, 0.2) is 60.7 Å². The molecule has 0 fully saturated rings. The Kier molecular flexibility index (Phi) is 10.7. The predicted molar refractivity (Wildman–Crippen MR) is 113 cm³/mol. The smallest absolute Gasteiger partial charge is 0.469 e. The molecule has 0 heterocycles. The molecular formula is C21H29BN2O5. The van der Waals surface area contributed by atoms with Crippen molar-refractivity contribution in [1.29, 1.82) is 0 Å². The highest BCUT2D eigenvalue weighted by Gasteiger charge is 2.21. The quantitative estimate of drug-likeness (QED) is 0.427. The number of aliphatic carboxylic acids is 1. The monoisotopic (exact) mass is 400 g/mol. The van der Waals surface area contributed by atoms with Crippen LogP contribution in [0.2, 0.25) is 0 Å². The van der Waals surface area contributed by atoms with Crippen molar-refractivity contribution in [1.82, 2.24) is 5.32 Å². The Labute approximate surface area is 171 Å². The number of hydrogen-bond acceptors (Lipinski definition) is 5. The minimum absolute atomic E-state index is 0.259. The van der Waals surface area contributed by atoms with Crippen LogP contribution in [0.25, 0.3) is 0 Å². The van der Waals surface area contributed by atoms with Crippen LogP contribution in [0.1, 0.15) is 36.2 Å². The van der Waals surface area contributed by atoms with Gasteiger partial charge in [0.2, 0.25) is 0 Å². The van der Waals surface area contributed by atoms with E-state index in [9.17, 15) is 14.7 Å². The van der Waals surface area contributed by atoms with Crippen molar-refractivity contribution in [3.05, 3.63) is 71.8 Å². The molecule has 2 atom stereocenters. The van der Waals surface area contributed by atoms with Gasteiger partial charge in [0.25, 0.3) is 5.91 Å². The van der Waals surface area contributed by atoms with E-state index in [1.807, 2.05) is 44.2 Å². The zero-order valence-corrected chi connectivity index (χ0v) is 16.7. The summed E-state index contributed by atoms with van der Waals surface area (Å²) in [6.07, 6.45) is 0.909. The van der Waals surface area contributed by atoms with Crippen LogP contribution in [0, 0.1) is 5.92 Å². The number of carbonyl (C=O) groups is 2. The van der Waals surface area contributed by atoms with E-state index >= 15 is 0 Å². The Morgan fingerprint density at radius 3 is 1.93 bits per heavy atom. The number of nitrogens with two attached hydrogens (primary N) is 1. The summed E-state index contributed by atoms with van der Waals surface area (Å²) in [6, 6.07) is 16.9. The largest absolute Gasteiger partial charge is 0.480 e. The third-order valence-electron chi connectivity index (χ3n) is 4.05. The number of hydrogen-bond donors (Lipinski definition) is 5. The lowest BCUT2D eigenvalue weighted by atomic mass is 9.76. The maximum atomic E-state index is 12.0. The maximum absolute atomic E-state index is 12.0. The highest BCUT2D eigenvalue weighted by atomic mass is 16.4. The van der Waals surface area contributed by atoms with Crippen molar-refractivity contribution in [2.24, 2.45) is 11.7 Å². The second-order valence-electron chi connectivity index (χ2n) is 7.13. The summed E-state index contributed by atoms with van der Waals surface area (Å²) in [7, 11) is -1.37. The Hall–Kier alpha value is -2.68. The topological polar surface area (TPSA) is 133 Å². The fraction of sp³-hybridized carbons (Fsp3) is 0.333. The van der Waals surface area contributed by atoms with E-state index in [0.29, 0.717) is 17.9 Å². The predicted octanol–water partition coefficient (Wildman–Crippen LogP) is 1.48. The standard InChI is InChI=1S/C16H15NO3.C5H14BNO2/c18-15(13-9-5-2-6-10-13)17-14(16(19)20)11-12-7-3-1-4-8-12;1-4(2)3-5(7)6(8)9/h1-10,14H,11H2,(H,17,18)(H,19,20);4-5,8-9H,3,7H2,1-2H3/t14-;5-/m00/s1. The fourth-order valence-electron chi connectivity index (χ4n) is 2.55. The maximum Gasteiger partial charge on any atom is 0.469 e. The van der Waals surface area contributed by atoms with Crippen LogP contribution in [0.5, 0.6) is 0 Å². The van der Waals surface area contributed by atoms with Crippen LogP contribution in [-0.2, 0) is 11.2 Å². The third kappa shape index (κ3) is 9.89. The van der Waals surface area contributed by atoms with Crippen LogP contribution in [-0.4, -0.2) is 46.1 Å². The summed E-state index contributed by atoms with van der Waals surface area (Å²) in [4.78, 5) is 23.2. The van der Waals surface area contributed by atoms with Gasteiger partial charge in [-0.05, 0) is 30.0 Å². The molecular weight excluding hydrogens is 371 g/mol. The van der Waals surface area contributed by atoms with E-state index < -0.39 is 25.1 Å². The van der Waals surface area contributed by atoms with Gasteiger partial charge in [-0.1, -0.05) is 62.4 Å². The zero-order valence-electron chi connectivity index (χ0n) is 16.7. The lowest BCUT2D eigenvalue weighted by molar-refractivity contribution is -0.139. The van der Waals surface area contributed by atoms with Gasteiger partial charge < -0.3 is 26.2 Å². The zero-order chi connectivity index (χ0) is 21.8. The third-order valence-corrected chi connectivity index (χ3v) is 4.05. The number of benzene rings is 2. The molecule has 0 aliphatic heterocycles. The molecule has 1 amide bonds. The first-order valence-electron chi connectivity index (χ1n) is 9.45. The molecule has 6 N–H and O–H groups in total. The van der Waals surface area contributed by atoms with Gasteiger partial charge >= 0.3 is 13.1 Å². The van der Waals surface area contributed by atoms with Gasteiger partial charge in [0.1, 0.15) is 6.04 Å². The molecule has 0 aromatic heterocycles. The Morgan fingerprint density at radius 1 is 1.00 bits per heavy atom. The van der Waals surface area contributed by atoms with Crippen LogP contribution >= 0.6 is 0 Å². The molecule has 0 bridgehead atoms. The average Bonchev–Trinajstić information content (AvgIpc) is 2.68. The molecule has 0 radical (unpaired) electrons. The second-order valence-corrected chi connectivity index (χ2v) is 7.13. The normalized spacial score (nSPS) is 12.3. The van der Waals surface area contributed by atoms with Gasteiger partial charge in [-0.15, -0.1) is 0 Å². The second kappa shape index (κ2) is 12.7. The molecule has 29 heavy (non-hydrogen) atoms. The van der Waals surface area contributed by atoms with E-state index in [1.54, 1.807) is 30.3 Å². The number of carboxylic acid groups (broad SMARTS) is 1. The first kappa shape index (κ1) is 24.4. The van der Waals surface area contributed by atoms with Gasteiger partial charge in [-0.25, -0.2) is 4.79 Å². The lowest BCUT2D eigenvalue weighted by Crippen LogP contribution is -2.42. The summed E-state index contributed by atoms with van der Waals surface area (Å²) in [6.45, 7) is 3.98. The van der Waals surface area contributed by atoms with Crippen molar-refractivity contribution in [2.45, 2.75) is 38.7 Å². The van der Waals surface area contributed by atoms with Gasteiger partial charge in [0.15, 0.2) is 0 Å². The minimum atomic E-state index is -1.37. The molecule has 0 saturated carbocycles. The minimum Gasteiger partial charge on any atom is -0.480 e. The average molecular weight is 400 g/mol. The van der Waals surface area contributed by atoms with Crippen molar-refractivity contribution in [3.63, 3.8) is 0 Å². The number of rotatable bonds is 8. The number of carbonyl (C=O) groups excluding carboxylic acids is 1. The summed E-state index contributed by atoms with van der Waals surface area (Å²) in [5, 5.41) is 28.8. The van der Waals surface area contributed by atoms with Gasteiger partial charge in [0.05, 0.1) is 0 Å². The van der Waals surface area contributed by atoms with E-state index in [4.69, 9.17) is 15.8 Å². The Bertz CT molecular complexity index is 741. The number of nitrogens with one attached hydrogen (secondary N) is 1. The van der Waals surface area contributed by atoms with Crippen molar-refractivity contribution in [3.8, 4) is 0 Å². The highest BCUT2D eigenvalue weighted by Crippen LogP contribution is 2.05. The van der Waals surface area contributed by atoms with Crippen LogP contribution in [0.3, 0.4) is 0 Å². The van der Waals surface area contributed by atoms with E-state index in [1.165, 1.54) is 0 Å². The Balaban J connectivity index is 0.000000396. The molecule has 156 valence electrons. The highest BCUT2D eigenvalue weighted by molar-refractivity contribution is 6.43. The summed E-state index contributed by atoms with van der Waals surface area (Å²) in [5.74, 6) is -1.50. The molecule has 0 aliphatic carbocycles. The number of carboxylic acids is 1. The lowest BCUT2D eigenvalue weighted by Gasteiger charge is -2.14. The van der Waals surface area contributed by atoms with Crippen LogP contribution in [0.4, 0.5) is 0 Å². The molecule has 0 saturated heterocycles. The summed E-state index contributed by atoms with van der Waals surface area (Å²) >= 11 is 0. The van der Waals surface area contributed by atoms with Gasteiger partial charge in [0, 0.05) is 17.9 Å². The SMILES string of the molecule is CC(C)C[C@H](N)B(O)O.O=C(N[C@@H](Cc1ccccc1)C(=O)O)c1ccccc1. The molecule has 0 unspecified atom stereocenters. The molecule has 2 rings (SSSR count). The van der Waals surface area contributed by atoms with Crippen molar-refractivity contribution in [2.75, 3.05) is 0 Å². The molecule has 7 nitrogen and oxygen atoms in total.